The van der Waals surface area contributed by atoms with E-state index in [2.05, 4.69) is 15.6 Å². The quantitative estimate of drug-likeness (QED) is 0.659. The van der Waals surface area contributed by atoms with Crippen molar-refractivity contribution >= 4 is 22.4 Å². The first-order chi connectivity index (χ1) is 10.6. The van der Waals surface area contributed by atoms with Crippen molar-refractivity contribution in [3.63, 3.8) is 0 Å². The van der Waals surface area contributed by atoms with Gasteiger partial charge in [-0.05, 0) is 38.5 Å². The summed E-state index contributed by atoms with van der Waals surface area (Å²) >= 11 is 1.60. The fourth-order valence-corrected chi connectivity index (χ4v) is 4.44. The Labute approximate surface area is 135 Å². The topological polar surface area (TPSA) is 77.8 Å². The molecule has 0 aliphatic heterocycles. The third kappa shape index (κ3) is 2.82. The second-order valence-electron chi connectivity index (χ2n) is 6.62. The maximum atomic E-state index is 12.5. The van der Waals surface area contributed by atoms with Crippen molar-refractivity contribution in [2.24, 2.45) is 5.41 Å². The molecule has 0 radical (unpaired) electrons. The Morgan fingerprint density at radius 2 is 2.18 bits per heavy atom. The number of hydrogen-bond donors (Lipinski definition) is 2. The van der Waals surface area contributed by atoms with E-state index < -0.39 is 5.41 Å². The van der Waals surface area contributed by atoms with Gasteiger partial charge in [0.05, 0.1) is 11.5 Å². The molecule has 2 aliphatic carbocycles. The standard InChI is InChI=1S/C16H22N4OS/c1-16(8-7-13(16)19-10-17)14(21)20-15-18-9-12(22-15)11-5-3-2-4-6-11/h9,11,13,19H,2-8H2,1H3,(H,18,20,21). The molecule has 2 saturated carbocycles. The number of thiazole rings is 1. The van der Waals surface area contributed by atoms with E-state index in [4.69, 9.17) is 5.26 Å². The van der Waals surface area contributed by atoms with Gasteiger partial charge in [0.2, 0.25) is 5.91 Å². The first kappa shape index (κ1) is 15.3. The van der Waals surface area contributed by atoms with Crippen LogP contribution < -0.4 is 10.6 Å². The van der Waals surface area contributed by atoms with Crippen LogP contribution in [0, 0.1) is 16.9 Å². The molecule has 2 aliphatic rings. The number of nitrogens with zero attached hydrogens (tertiary/aromatic N) is 2. The highest BCUT2D eigenvalue weighted by molar-refractivity contribution is 7.15. The van der Waals surface area contributed by atoms with E-state index in [1.807, 2.05) is 19.3 Å². The van der Waals surface area contributed by atoms with Crippen molar-refractivity contribution < 1.29 is 4.79 Å². The number of rotatable bonds is 4. The van der Waals surface area contributed by atoms with E-state index in [9.17, 15) is 4.79 Å². The summed E-state index contributed by atoms with van der Waals surface area (Å²) in [6.07, 6.45) is 11.9. The Kier molecular flexibility index (Phi) is 4.34. The Balaban J connectivity index is 1.62. The van der Waals surface area contributed by atoms with Gasteiger partial charge >= 0.3 is 0 Å². The van der Waals surface area contributed by atoms with Crippen LogP contribution in [0.4, 0.5) is 5.13 Å². The Morgan fingerprint density at radius 1 is 1.41 bits per heavy atom. The molecule has 2 unspecified atom stereocenters. The summed E-state index contributed by atoms with van der Waals surface area (Å²) < 4.78 is 0. The molecule has 1 amide bonds. The molecule has 3 rings (SSSR count). The van der Waals surface area contributed by atoms with Crippen LogP contribution in [0.25, 0.3) is 0 Å². The van der Waals surface area contributed by atoms with E-state index in [0.717, 1.165) is 12.8 Å². The van der Waals surface area contributed by atoms with Crippen molar-refractivity contribution in [1.29, 1.82) is 5.26 Å². The molecule has 2 atom stereocenters. The largest absolute Gasteiger partial charge is 0.320 e. The number of aromatic nitrogens is 1. The number of hydrogen-bond acceptors (Lipinski definition) is 5. The van der Waals surface area contributed by atoms with Crippen LogP contribution in [0.1, 0.15) is 62.7 Å². The highest BCUT2D eigenvalue weighted by Crippen LogP contribution is 2.42. The lowest BCUT2D eigenvalue weighted by Crippen LogP contribution is -2.56. The lowest BCUT2D eigenvalue weighted by atomic mass is 9.65. The molecule has 1 heterocycles. The van der Waals surface area contributed by atoms with Crippen LogP contribution in [0.3, 0.4) is 0 Å². The zero-order chi connectivity index (χ0) is 15.6. The second kappa shape index (κ2) is 6.25. The molecule has 0 aromatic carbocycles. The molecule has 22 heavy (non-hydrogen) atoms. The number of nitriles is 1. The molecule has 0 saturated heterocycles. The van der Waals surface area contributed by atoms with Crippen LogP contribution in [-0.4, -0.2) is 16.9 Å². The van der Waals surface area contributed by atoms with Gasteiger partial charge in [0.25, 0.3) is 0 Å². The Morgan fingerprint density at radius 3 is 2.82 bits per heavy atom. The third-order valence-electron chi connectivity index (χ3n) is 5.23. The third-order valence-corrected chi connectivity index (χ3v) is 6.31. The molecule has 0 bridgehead atoms. The lowest BCUT2D eigenvalue weighted by Gasteiger charge is -2.44. The van der Waals surface area contributed by atoms with Gasteiger partial charge in [-0.1, -0.05) is 19.3 Å². The number of anilines is 1. The fraction of sp³-hybridized carbons (Fsp3) is 0.688. The minimum Gasteiger partial charge on any atom is -0.320 e. The number of nitrogens with one attached hydrogen (secondary N) is 2. The Hall–Kier alpha value is -1.61. The van der Waals surface area contributed by atoms with Crippen molar-refractivity contribution in [1.82, 2.24) is 10.3 Å². The maximum Gasteiger partial charge on any atom is 0.234 e. The molecule has 2 fully saturated rings. The van der Waals surface area contributed by atoms with Crippen LogP contribution in [-0.2, 0) is 4.79 Å². The average molecular weight is 318 g/mol. The van der Waals surface area contributed by atoms with Gasteiger partial charge in [-0.15, -0.1) is 11.3 Å². The average Bonchev–Trinajstić information content (AvgIpc) is 3.00. The van der Waals surface area contributed by atoms with E-state index >= 15 is 0 Å². The van der Waals surface area contributed by atoms with E-state index in [-0.39, 0.29) is 11.9 Å². The molecule has 118 valence electrons. The van der Waals surface area contributed by atoms with E-state index in [1.54, 1.807) is 11.3 Å². The predicted octanol–water partition coefficient (Wildman–Crippen LogP) is 3.37. The van der Waals surface area contributed by atoms with Gasteiger partial charge < -0.3 is 10.6 Å². The number of amides is 1. The molecular weight excluding hydrogens is 296 g/mol. The predicted molar refractivity (Wildman–Crippen MR) is 86.4 cm³/mol. The molecule has 0 spiro atoms. The number of carbonyl (C=O) groups excluding carboxylic acids is 1. The first-order valence-electron chi connectivity index (χ1n) is 8.05. The zero-order valence-corrected chi connectivity index (χ0v) is 13.7. The summed E-state index contributed by atoms with van der Waals surface area (Å²) in [6, 6.07) is -0.0599. The van der Waals surface area contributed by atoms with Gasteiger partial charge in [0, 0.05) is 11.1 Å². The Bertz CT molecular complexity index is 587. The molecular formula is C16H22N4OS. The van der Waals surface area contributed by atoms with Gasteiger partial charge in [0.1, 0.15) is 0 Å². The monoisotopic (exact) mass is 318 g/mol. The highest BCUT2D eigenvalue weighted by Gasteiger charge is 2.49. The smallest absolute Gasteiger partial charge is 0.234 e. The van der Waals surface area contributed by atoms with Gasteiger partial charge in [-0.25, -0.2) is 4.98 Å². The molecule has 5 nitrogen and oxygen atoms in total. The minimum absolute atomic E-state index is 0.0314. The fourth-order valence-electron chi connectivity index (χ4n) is 3.46. The number of carbonyl (C=O) groups is 1. The van der Waals surface area contributed by atoms with Gasteiger partial charge in [-0.3, -0.25) is 4.79 Å². The van der Waals surface area contributed by atoms with Crippen LogP contribution in [0.5, 0.6) is 0 Å². The zero-order valence-electron chi connectivity index (χ0n) is 12.9. The summed E-state index contributed by atoms with van der Waals surface area (Å²) in [6.45, 7) is 1.91. The van der Waals surface area contributed by atoms with E-state index in [0.29, 0.717) is 11.0 Å². The van der Waals surface area contributed by atoms with Crippen molar-refractivity contribution in [2.75, 3.05) is 5.32 Å². The van der Waals surface area contributed by atoms with Gasteiger partial charge in [-0.2, -0.15) is 5.26 Å². The van der Waals surface area contributed by atoms with Crippen LogP contribution in [0.2, 0.25) is 0 Å². The molecule has 6 heteroatoms. The highest BCUT2D eigenvalue weighted by atomic mass is 32.1. The van der Waals surface area contributed by atoms with Crippen molar-refractivity contribution in [3.8, 4) is 6.19 Å². The van der Waals surface area contributed by atoms with Crippen LogP contribution in [0.15, 0.2) is 6.20 Å². The molecule has 1 aromatic heterocycles. The summed E-state index contributed by atoms with van der Waals surface area (Å²) in [5.74, 6) is 0.584. The summed E-state index contributed by atoms with van der Waals surface area (Å²) in [5, 5.41) is 15.1. The van der Waals surface area contributed by atoms with Crippen LogP contribution >= 0.6 is 11.3 Å². The molecule has 2 N–H and O–H groups in total. The SMILES string of the molecule is CC1(C(=O)Nc2ncc(C3CCCCC3)s2)CCC1NC#N. The van der Waals surface area contributed by atoms with E-state index in [1.165, 1.54) is 37.0 Å². The summed E-state index contributed by atoms with van der Waals surface area (Å²) in [5.41, 5.74) is -0.508. The summed E-state index contributed by atoms with van der Waals surface area (Å²) in [7, 11) is 0. The first-order valence-corrected chi connectivity index (χ1v) is 8.87. The van der Waals surface area contributed by atoms with Crippen molar-refractivity contribution in [2.45, 2.75) is 63.8 Å². The maximum absolute atomic E-state index is 12.5. The van der Waals surface area contributed by atoms with Crippen molar-refractivity contribution in [3.05, 3.63) is 11.1 Å². The summed E-state index contributed by atoms with van der Waals surface area (Å²) in [4.78, 5) is 18.2. The minimum atomic E-state index is -0.508. The normalized spacial score (nSPS) is 28.5. The molecule has 1 aromatic rings. The lowest BCUT2D eigenvalue weighted by molar-refractivity contribution is -0.131. The second-order valence-corrected chi connectivity index (χ2v) is 7.68. The van der Waals surface area contributed by atoms with Gasteiger partial charge in [0.15, 0.2) is 11.3 Å².